The van der Waals surface area contributed by atoms with Gasteiger partial charge in [-0.3, -0.25) is 0 Å². The van der Waals surface area contributed by atoms with Gasteiger partial charge in [-0.25, -0.2) is 4.99 Å². The zero-order valence-corrected chi connectivity index (χ0v) is 14.2. The predicted octanol–water partition coefficient (Wildman–Crippen LogP) is 3.05. The SMILES string of the molecule is CCNC(=NCc1ccccc1CC)NCc1cc(CC)no1. The molecule has 0 saturated heterocycles. The maximum Gasteiger partial charge on any atom is 0.191 e. The molecule has 0 atom stereocenters. The van der Waals surface area contributed by atoms with E-state index in [1.54, 1.807) is 0 Å². The van der Waals surface area contributed by atoms with Gasteiger partial charge in [0, 0.05) is 12.6 Å². The van der Waals surface area contributed by atoms with Crippen LogP contribution in [0.1, 0.15) is 43.4 Å². The Morgan fingerprint density at radius 3 is 2.52 bits per heavy atom. The van der Waals surface area contributed by atoms with Crippen LogP contribution in [0.2, 0.25) is 0 Å². The molecule has 2 N–H and O–H groups in total. The number of aromatic nitrogens is 1. The Morgan fingerprint density at radius 1 is 1.09 bits per heavy atom. The zero-order chi connectivity index (χ0) is 16.5. The lowest BCUT2D eigenvalue weighted by molar-refractivity contribution is 0.374. The van der Waals surface area contributed by atoms with Crippen LogP contribution < -0.4 is 10.6 Å². The number of hydrogen-bond acceptors (Lipinski definition) is 3. The number of nitrogens with one attached hydrogen (secondary N) is 2. The number of aryl methyl sites for hydroxylation is 2. The first-order chi connectivity index (χ1) is 11.3. The van der Waals surface area contributed by atoms with E-state index in [1.807, 2.05) is 6.07 Å². The highest BCUT2D eigenvalue weighted by molar-refractivity contribution is 5.79. The quantitative estimate of drug-likeness (QED) is 0.609. The van der Waals surface area contributed by atoms with E-state index in [2.05, 4.69) is 65.8 Å². The molecule has 0 bridgehead atoms. The minimum absolute atomic E-state index is 0.578. The third kappa shape index (κ3) is 5.13. The van der Waals surface area contributed by atoms with Crippen molar-refractivity contribution in [1.82, 2.24) is 15.8 Å². The summed E-state index contributed by atoms with van der Waals surface area (Å²) in [5, 5.41) is 10.5. The van der Waals surface area contributed by atoms with E-state index in [0.29, 0.717) is 13.1 Å². The molecule has 0 radical (unpaired) electrons. The molecule has 1 aromatic heterocycles. The largest absolute Gasteiger partial charge is 0.359 e. The second kappa shape index (κ2) is 8.98. The molecule has 0 saturated carbocycles. The molecular weight excluding hydrogens is 288 g/mol. The molecule has 23 heavy (non-hydrogen) atoms. The monoisotopic (exact) mass is 314 g/mol. The topological polar surface area (TPSA) is 62.5 Å². The van der Waals surface area contributed by atoms with Crippen molar-refractivity contribution < 1.29 is 4.52 Å². The van der Waals surface area contributed by atoms with Crippen molar-refractivity contribution in [3.8, 4) is 0 Å². The Hall–Kier alpha value is -2.30. The normalized spacial score (nSPS) is 11.5. The molecule has 0 unspecified atom stereocenters. The summed E-state index contributed by atoms with van der Waals surface area (Å²) >= 11 is 0. The van der Waals surface area contributed by atoms with Gasteiger partial charge in [0.25, 0.3) is 0 Å². The van der Waals surface area contributed by atoms with E-state index >= 15 is 0 Å². The molecule has 0 aliphatic rings. The minimum atomic E-state index is 0.578. The van der Waals surface area contributed by atoms with Crippen LogP contribution in [0.25, 0.3) is 0 Å². The van der Waals surface area contributed by atoms with Gasteiger partial charge in [-0.15, -0.1) is 0 Å². The lowest BCUT2D eigenvalue weighted by Crippen LogP contribution is -2.36. The van der Waals surface area contributed by atoms with E-state index in [9.17, 15) is 0 Å². The summed E-state index contributed by atoms with van der Waals surface area (Å²) in [4.78, 5) is 4.67. The molecule has 2 rings (SSSR count). The molecule has 1 aromatic carbocycles. The molecule has 124 valence electrons. The van der Waals surface area contributed by atoms with Crippen molar-refractivity contribution in [2.45, 2.75) is 46.7 Å². The lowest BCUT2D eigenvalue weighted by Gasteiger charge is -2.11. The second-order valence-electron chi connectivity index (χ2n) is 5.31. The second-order valence-corrected chi connectivity index (χ2v) is 5.31. The van der Waals surface area contributed by atoms with E-state index in [-0.39, 0.29) is 0 Å². The maximum atomic E-state index is 5.29. The Labute approximate surface area is 138 Å². The maximum absolute atomic E-state index is 5.29. The molecule has 5 nitrogen and oxygen atoms in total. The summed E-state index contributed by atoms with van der Waals surface area (Å²) in [6, 6.07) is 10.4. The molecule has 0 aliphatic heterocycles. The van der Waals surface area contributed by atoms with E-state index in [4.69, 9.17) is 4.52 Å². The number of hydrogen-bond donors (Lipinski definition) is 2. The van der Waals surface area contributed by atoms with Crippen LogP contribution in [0.5, 0.6) is 0 Å². The van der Waals surface area contributed by atoms with Crippen LogP contribution in [-0.2, 0) is 25.9 Å². The van der Waals surface area contributed by atoms with Crippen LogP contribution >= 0.6 is 0 Å². The van der Waals surface area contributed by atoms with Crippen LogP contribution in [0.4, 0.5) is 0 Å². The molecule has 0 spiro atoms. The molecular formula is C18H26N4O. The first-order valence-corrected chi connectivity index (χ1v) is 8.30. The molecule has 5 heteroatoms. The Kier molecular flexibility index (Phi) is 6.66. The zero-order valence-electron chi connectivity index (χ0n) is 14.2. The number of guanidine groups is 1. The van der Waals surface area contributed by atoms with Gasteiger partial charge in [0.15, 0.2) is 11.7 Å². The molecule has 0 aliphatic carbocycles. The highest BCUT2D eigenvalue weighted by atomic mass is 16.5. The summed E-state index contributed by atoms with van der Waals surface area (Å²) in [5.74, 6) is 1.61. The summed E-state index contributed by atoms with van der Waals surface area (Å²) < 4.78 is 5.29. The average molecular weight is 314 g/mol. The van der Waals surface area contributed by atoms with E-state index in [0.717, 1.165) is 36.8 Å². The fraction of sp³-hybridized carbons (Fsp3) is 0.444. The van der Waals surface area contributed by atoms with Crippen molar-refractivity contribution in [1.29, 1.82) is 0 Å². The third-order valence-electron chi connectivity index (χ3n) is 3.65. The van der Waals surface area contributed by atoms with Crippen LogP contribution in [0.3, 0.4) is 0 Å². The lowest BCUT2D eigenvalue weighted by atomic mass is 10.1. The van der Waals surface area contributed by atoms with E-state index < -0.39 is 0 Å². The summed E-state index contributed by atoms with van der Waals surface area (Å²) in [5.41, 5.74) is 3.58. The van der Waals surface area contributed by atoms with Gasteiger partial charge in [0.1, 0.15) is 0 Å². The Balaban J connectivity index is 1.99. The Bertz CT molecular complexity index is 633. The van der Waals surface area contributed by atoms with Crippen LogP contribution in [0, 0.1) is 0 Å². The van der Waals surface area contributed by atoms with E-state index in [1.165, 1.54) is 11.1 Å². The smallest absolute Gasteiger partial charge is 0.191 e. The van der Waals surface area contributed by atoms with Crippen molar-refractivity contribution >= 4 is 5.96 Å². The average Bonchev–Trinajstić information content (AvgIpc) is 3.05. The van der Waals surface area contributed by atoms with Gasteiger partial charge < -0.3 is 15.2 Å². The first-order valence-electron chi connectivity index (χ1n) is 8.30. The van der Waals surface area contributed by atoms with Crippen molar-refractivity contribution in [3.63, 3.8) is 0 Å². The molecule has 2 aromatic rings. The van der Waals surface area contributed by atoms with Gasteiger partial charge in [0.05, 0.1) is 18.8 Å². The van der Waals surface area contributed by atoms with Crippen molar-refractivity contribution in [2.24, 2.45) is 4.99 Å². The number of aliphatic imine (C=N–C) groups is 1. The molecule has 1 heterocycles. The highest BCUT2D eigenvalue weighted by Crippen LogP contribution is 2.10. The first kappa shape index (κ1) is 17.1. The number of benzene rings is 1. The van der Waals surface area contributed by atoms with Crippen molar-refractivity contribution in [3.05, 3.63) is 52.9 Å². The van der Waals surface area contributed by atoms with Gasteiger partial charge in [0.2, 0.25) is 0 Å². The molecule has 0 fully saturated rings. The number of nitrogens with zero attached hydrogens (tertiary/aromatic N) is 2. The number of rotatable bonds is 7. The van der Waals surface area contributed by atoms with Crippen LogP contribution in [-0.4, -0.2) is 17.7 Å². The predicted molar refractivity (Wildman–Crippen MR) is 93.4 cm³/mol. The highest BCUT2D eigenvalue weighted by Gasteiger charge is 2.05. The Morgan fingerprint density at radius 2 is 1.87 bits per heavy atom. The van der Waals surface area contributed by atoms with Gasteiger partial charge >= 0.3 is 0 Å². The van der Waals surface area contributed by atoms with Crippen molar-refractivity contribution in [2.75, 3.05) is 6.54 Å². The molecule has 0 amide bonds. The van der Waals surface area contributed by atoms with Gasteiger partial charge in [-0.1, -0.05) is 43.3 Å². The van der Waals surface area contributed by atoms with Crippen LogP contribution in [0.15, 0.2) is 39.8 Å². The fourth-order valence-electron chi connectivity index (χ4n) is 2.34. The van der Waals surface area contributed by atoms with Gasteiger partial charge in [-0.05, 0) is 30.9 Å². The standard InChI is InChI=1S/C18H26N4O/c1-4-14-9-7-8-10-15(14)12-20-18(19-6-3)21-13-17-11-16(5-2)22-23-17/h7-11H,4-6,12-13H2,1-3H3,(H2,19,20,21). The summed E-state index contributed by atoms with van der Waals surface area (Å²) in [6.07, 6.45) is 1.90. The summed E-state index contributed by atoms with van der Waals surface area (Å²) in [7, 11) is 0. The summed E-state index contributed by atoms with van der Waals surface area (Å²) in [6.45, 7) is 8.34. The third-order valence-corrected chi connectivity index (χ3v) is 3.65. The minimum Gasteiger partial charge on any atom is -0.359 e. The van der Waals surface area contributed by atoms with Gasteiger partial charge in [-0.2, -0.15) is 0 Å². The fourth-order valence-corrected chi connectivity index (χ4v) is 2.34.